The number of allylic oxidation sites excluding steroid dienone is 4. The molecule has 0 aliphatic heterocycles. The van der Waals surface area contributed by atoms with E-state index in [4.69, 9.17) is 0 Å². The number of ketones is 1. The Bertz CT molecular complexity index is 559. The Labute approximate surface area is 126 Å². The third-order valence-corrected chi connectivity index (χ3v) is 6.75. The van der Waals surface area contributed by atoms with Crippen LogP contribution in [-0.4, -0.2) is 16.9 Å². The first kappa shape index (κ1) is 14.6. The zero-order chi connectivity index (χ0) is 15.4. The first-order valence-electron chi connectivity index (χ1n) is 7.96. The van der Waals surface area contributed by atoms with Crippen LogP contribution in [0, 0.1) is 28.6 Å². The first-order valence-corrected chi connectivity index (χ1v) is 7.96. The number of hydrogen-bond donors (Lipinski definition) is 1. The summed E-state index contributed by atoms with van der Waals surface area (Å²) in [5.41, 5.74) is 0.597. The van der Waals surface area contributed by atoms with Crippen LogP contribution >= 0.6 is 0 Å². The van der Waals surface area contributed by atoms with E-state index in [-0.39, 0.29) is 17.1 Å². The van der Waals surface area contributed by atoms with Crippen molar-refractivity contribution in [3.63, 3.8) is 0 Å². The van der Waals surface area contributed by atoms with E-state index >= 15 is 0 Å². The third kappa shape index (κ3) is 1.93. The number of carbonyl (C=O) groups excluding carboxylic acids is 1. The summed E-state index contributed by atoms with van der Waals surface area (Å²) in [6.07, 6.45) is 9.19. The second kappa shape index (κ2) is 4.56. The molecule has 21 heavy (non-hydrogen) atoms. The van der Waals surface area contributed by atoms with Gasteiger partial charge in [0.25, 0.3) is 0 Å². The third-order valence-electron chi connectivity index (χ3n) is 6.75. The van der Waals surface area contributed by atoms with Gasteiger partial charge < -0.3 is 5.11 Å². The molecule has 2 saturated carbocycles. The Kier molecular flexibility index (Phi) is 3.16. The first-order chi connectivity index (χ1) is 9.79. The molecule has 1 N–H and O–H groups in total. The number of aliphatic carboxylic acids is 1. The minimum atomic E-state index is -0.658. The van der Waals surface area contributed by atoms with E-state index in [9.17, 15) is 14.7 Å². The molecule has 5 unspecified atom stereocenters. The van der Waals surface area contributed by atoms with E-state index in [0.29, 0.717) is 11.8 Å². The molecule has 3 aliphatic rings. The zero-order valence-corrected chi connectivity index (χ0v) is 13.1. The average Bonchev–Trinajstić information content (AvgIpc) is 2.43. The quantitative estimate of drug-likeness (QED) is 0.802. The van der Waals surface area contributed by atoms with Crippen LogP contribution < -0.4 is 0 Å². The van der Waals surface area contributed by atoms with Crippen LogP contribution in [0.5, 0.6) is 0 Å². The Balaban J connectivity index is 1.96. The number of carboxylic acid groups (broad SMARTS) is 1. The van der Waals surface area contributed by atoms with Gasteiger partial charge in [0.2, 0.25) is 0 Å². The van der Waals surface area contributed by atoms with Gasteiger partial charge in [-0.2, -0.15) is 0 Å². The number of carboxylic acids is 1. The number of rotatable bonds is 1. The van der Waals surface area contributed by atoms with E-state index in [1.165, 1.54) is 5.57 Å². The van der Waals surface area contributed by atoms with Gasteiger partial charge in [-0.1, -0.05) is 25.5 Å². The summed E-state index contributed by atoms with van der Waals surface area (Å²) in [6.45, 7) is 6.25. The molecule has 5 atom stereocenters. The van der Waals surface area contributed by atoms with Crippen molar-refractivity contribution in [3.8, 4) is 0 Å². The van der Waals surface area contributed by atoms with Gasteiger partial charge in [0, 0.05) is 5.41 Å². The van der Waals surface area contributed by atoms with Crippen molar-refractivity contribution in [2.75, 3.05) is 0 Å². The van der Waals surface area contributed by atoms with Crippen molar-refractivity contribution in [3.05, 3.63) is 23.8 Å². The molecule has 0 radical (unpaired) electrons. The second-order valence-corrected chi connectivity index (χ2v) is 7.55. The van der Waals surface area contributed by atoms with Crippen molar-refractivity contribution < 1.29 is 14.7 Å². The van der Waals surface area contributed by atoms with Crippen LogP contribution in [0.3, 0.4) is 0 Å². The highest BCUT2D eigenvalue weighted by Gasteiger charge is 2.55. The Morgan fingerprint density at radius 2 is 2.05 bits per heavy atom. The van der Waals surface area contributed by atoms with E-state index in [2.05, 4.69) is 19.9 Å². The molecule has 0 aromatic rings. The maximum absolute atomic E-state index is 11.7. The highest BCUT2D eigenvalue weighted by atomic mass is 16.4. The standard InChI is InChI=1S/C18H24O3/c1-11-14-5-4-12-10-13(19)6-8-18(12,3)15(14)7-9-17(11,2)16(20)21/h6,8,10-11,14-15H,4-5,7,9H2,1-3H3,(H,20,21). The predicted octanol–water partition coefficient (Wildman–Crippen LogP) is 3.61. The molecule has 0 saturated heterocycles. The lowest BCUT2D eigenvalue weighted by Gasteiger charge is -2.55. The number of fused-ring (bicyclic) bond motifs is 3. The molecule has 114 valence electrons. The summed E-state index contributed by atoms with van der Waals surface area (Å²) in [7, 11) is 0. The van der Waals surface area contributed by atoms with E-state index in [1.807, 2.05) is 13.0 Å². The molecule has 0 amide bonds. The molecule has 3 aliphatic carbocycles. The van der Waals surface area contributed by atoms with Gasteiger partial charge in [-0.25, -0.2) is 0 Å². The Morgan fingerprint density at radius 1 is 1.33 bits per heavy atom. The van der Waals surface area contributed by atoms with E-state index in [1.54, 1.807) is 6.08 Å². The van der Waals surface area contributed by atoms with Crippen molar-refractivity contribution >= 4 is 11.8 Å². The topological polar surface area (TPSA) is 54.4 Å². The van der Waals surface area contributed by atoms with E-state index < -0.39 is 11.4 Å². The second-order valence-electron chi connectivity index (χ2n) is 7.55. The monoisotopic (exact) mass is 288 g/mol. The zero-order valence-electron chi connectivity index (χ0n) is 13.1. The molecule has 0 aromatic heterocycles. The molecule has 0 aromatic carbocycles. The van der Waals surface area contributed by atoms with Crippen molar-refractivity contribution in [2.45, 2.75) is 46.5 Å². The predicted molar refractivity (Wildman–Crippen MR) is 80.7 cm³/mol. The van der Waals surface area contributed by atoms with Gasteiger partial charge in [0.1, 0.15) is 0 Å². The summed E-state index contributed by atoms with van der Waals surface area (Å²) in [4.78, 5) is 23.3. The van der Waals surface area contributed by atoms with Gasteiger partial charge in [0.05, 0.1) is 5.41 Å². The van der Waals surface area contributed by atoms with Gasteiger partial charge in [-0.3, -0.25) is 9.59 Å². The van der Waals surface area contributed by atoms with Crippen LogP contribution in [0.25, 0.3) is 0 Å². The highest BCUT2D eigenvalue weighted by molar-refractivity contribution is 6.01. The maximum atomic E-state index is 11.7. The van der Waals surface area contributed by atoms with Crippen LogP contribution in [0.4, 0.5) is 0 Å². The molecule has 3 nitrogen and oxygen atoms in total. The molecular weight excluding hydrogens is 264 g/mol. The molecule has 0 spiro atoms. The maximum Gasteiger partial charge on any atom is 0.309 e. The van der Waals surface area contributed by atoms with Gasteiger partial charge in [-0.15, -0.1) is 0 Å². The van der Waals surface area contributed by atoms with Crippen molar-refractivity contribution in [2.24, 2.45) is 28.6 Å². The molecule has 0 bridgehead atoms. The van der Waals surface area contributed by atoms with Crippen LogP contribution in [0.2, 0.25) is 0 Å². The minimum Gasteiger partial charge on any atom is -0.481 e. The fraction of sp³-hybridized carbons (Fsp3) is 0.667. The van der Waals surface area contributed by atoms with Gasteiger partial charge in [0.15, 0.2) is 5.78 Å². The average molecular weight is 288 g/mol. The van der Waals surface area contributed by atoms with E-state index in [0.717, 1.165) is 25.7 Å². The Hall–Kier alpha value is -1.38. The fourth-order valence-electron chi connectivity index (χ4n) is 4.98. The largest absolute Gasteiger partial charge is 0.481 e. The Morgan fingerprint density at radius 3 is 2.71 bits per heavy atom. The molecule has 2 fully saturated rings. The molecular formula is C18H24O3. The summed E-state index contributed by atoms with van der Waals surface area (Å²) in [5, 5.41) is 9.62. The summed E-state index contributed by atoms with van der Waals surface area (Å²) >= 11 is 0. The highest BCUT2D eigenvalue weighted by Crippen LogP contribution is 2.60. The lowest BCUT2D eigenvalue weighted by Crippen LogP contribution is -2.51. The normalized spacial score (nSPS) is 45.6. The van der Waals surface area contributed by atoms with Crippen LogP contribution in [-0.2, 0) is 9.59 Å². The smallest absolute Gasteiger partial charge is 0.309 e. The van der Waals surface area contributed by atoms with Crippen LogP contribution in [0.15, 0.2) is 23.8 Å². The summed E-state index contributed by atoms with van der Waals surface area (Å²) in [6, 6.07) is 0. The number of carbonyl (C=O) groups is 2. The van der Waals surface area contributed by atoms with Crippen molar-refractivity contribution in [1.82, 2.24) is 0 Å². The summed E-state index contributed by atoms with van der Waals surface area (Å²) in [5.74, 6) is 0.511. The molecule has 3 rings (SSSR count). The lowest BCUT2D eigenvalue weighted by molar-refractivity contribution is -0.159. The fourth-order valence-corrected chi connectivity index (χ4v) is 4.98. The minimum absolute atomic E-state index is 0.0507. The SMILES string of the molecule is CC1C2CCC3=CC(=O)C=CC3(C)C2CCC1(C)C(=O)O. The number of hydrogen-bond acceptors (Lipinski definition) is 2. The van der Waals surface area contributed by atoms with Gasteiger partial charge in [-0.05, 0) is 62.5 Å². The lowest BCUT2D eigenvalue weighted by atomic mass is 9.48. The summed E-state index contributed by atoms with van der Waals surface area (Å²) < 4.78 is 0. The van der Waals surface area contributed by atoms with Crippen molar-refractivity contribution in [1.29, 1.82) is 0 Å². The molecule has 3 heteroatoms. The molecule has 0 heterocycles. The van der Waals surface area contributed by atoms with Gasteiger partial charge >= 0.3 is 5.97 Å². The van der Waals surface area contributed by atoms with Crippen LogP contribution in [0.1, 0.15) is 46.5 Å².